The molecule has 0 saturated carbocycles. The maximum atomic E-state index is 14.2. The molecule has 3 aromatic carbocycles. The normalized spacial score (nSPS) is 10.9. The zero-order valence-electron chi connectivity index (χ0n) is 16.6. The van der Waals surface area contributed by atoms with Gasteiger partial charge in [0.2, 0.25) is 17.5 Å². The smallest absolute Gasteiger partial charge is 0.261 e. The molecule has 32 heavy (non-hydrogen) atoms. The van der Waals surface area contributed by atoms with Gasteiger partial charge in [-0.25, -0.2) is 13.8 Å². The van der Waals surface area contributed by atoms with Gasteiger partial charge in [-0.3, -0.25) is 4.79 Å². The van der Waals surface area contributed by atoms with E-state index in [-0.39, 0.29) is 11.6 Å². The molecule has 0 aliphatic heterocycles. The minimum Gasteiger partial charge on any atom is -0.497 e. The zero-order valence-corrected chi connectivity index (χ0v) is 16.6. The lowest BCUT2D eigenvalue weighted by Crippen LogP contribution is -2.18. The predicted octanol–water partition coefficient (Wildman–Crippen LogP) is 5.32. The predicted molar refractivity (Wildman–Crippen MR) is 107 cm³/mol. The van der Waals surface area contributed by atoms with E-state index in [4.69, 9.17) is 9.15 Å². The summed E-state index contributed by atoms with van der Waals surface area (Å²) in [7, 11) is 2.36. The van der Waals surface area contributed by atoms with E-state index >= 15 is 0 Å². The van der Waals surface area contributed by atoms with Crippen LogP contribution >= 0.6 is 0 Å². The number of nitrogens with one attached hydrogen (secondary N) is 1. The van der Waals surface area contributed by atoms with Crippen LogP contribution in [0.2, 0.25) is 0 Å². The van der Waals surface area contributed by atoms with Gasteiger partial charge < -0.3 is 19.2 Å². The number of benzene rings is 3. The van der Waals surface area contributed by atoms with E-state index in [2.05, 4.69) is 15.0 Å². The highest BCUT2D eigenvalue weighted by Gasteiger charge is 2.30. The Bertz CT molecular complexity index is 1320. The topological polar surface area (TPSA) is 73.6 Å². The highest BCUT2D eigenvalue weighted by atomic mass is 19.2. The van der Waals surface area contributed by atoms with E-state index in [1.165, 1.54) is 25.3 Å². The summed E-state index contributed by atoms with van der Waals surface area (Å²) in [5.41, 5.74) is 0.125. The number of oxazole rings is 1. The number of anilines is 1. The lowest BCUT2D eigenvalue weighted by molar-refractivity contribution is 0.101. The molecular weight excluding hydrogens is 432 g/mol. The molecule has 0 unspecified atom stereocenters. The van der Waals surface area contributed by atoms with Gasteiger partial charge in [-0.1, -0.05) is 6.07 Å². The van der Waals surface area contributed by atoms with Crippen LogP contribution in [0.3, 0.4) is 0 Å². The van der Waals surface area contributed by atoms with Crippen molar-refractivity contribution >= 4 is 22.7 Å². The highest BCUT2D eigenvalue weighted by Crippen LogP contribution is 2.31. The van der Waals surface area contributed by atoms with E-state index in [0.717, 1.165) is 7.11 Å². The van der Waals surface area contributed by atoms with E-state index in [1.54, 1.807) is 24.3 Å². The average Bonchev–Trinajstić information content (AvgIpc) is 3.22. The molecule has 0 spiro atoms. The molecule has 1 amide bonds. The third kappa shape index (κ3) is 3.59. The second-order valence-electron chi connectivity index (χ2n) is 6.55. The molecule has 1 N–H and O–H groups in total. The Morgan fingerprint density at radius 2 is 1.66 bits per heavy atom. The van der Waals surface area contributed by atoms with Crippen LogP contribution in [0.5, 0.6) is 11.5 Å². The first kappa shape index (κ1) is 21.2. The lowest BCUT2D eigenvalue weighted by atomic mass is 10.1. The molecule has 0 bridgehead atoms. The van der Waals surface area contributed by atoms with E-state index < -0.39 is 40.5 Å². The molecule has 1 aromatic heterocycles. The number of hydrogen-bond donors (Lipinski definition) is 1. The summed E-state index contributed by atoms with van der Waals surface area (Å²) in [4.78, 5) is 16.7. The quantitative estimate of drug-likeness (QED) is 0.332. The van der Waals surface area contributed by atoms with Gasteiger partial charge in [0.25, 0.3) is 5.91 Å². The highest BCUT2D eigenvalue weighted by molar-refractivity contribution is 6.05. The number of hydrogen-bond acceptors (Lipinski definition) is 5. The second kappa shape index (κ2) is 8.22. The summed E-state index contributed by atoms with van der Waals surface area (Å²) >= 11 is 0. The monoisotopic (exact) mass is 446 g/mol. The molecule has 0 radical (unpaired) electrons. The van der Waals surface area contributed by atoms with Crippen LogP contribution < -0.4 is 14.8 Å². The van der Waals surface area contributed by atoms with E-state index in [9.17, 15) is 22.4 Å². The van der Waals surface area contributed by atoms with Crippen LogP contribution in [0.1, 0.15) is 10.4 Å². The van der Waals surface area contributed by atoms with Crippen LogP contribution in [0.4, 0.5) is 23.2 Å². The van der Waals surface area contributed by atoms with Crippen LogP contribution in [0.25, 0.3) is 22.6 Å². The van der Waals surface area contributed by atoms with E-state index in [0.29, 0.717) is 22.4 Å². The summed E-state index contributed by atoms with van der Waals surface area (Å²) in [6.45, 7) is 0. The van der Waals surface area contributed by atoms with E-state index in [1.807, 2.05) is 0 Å². The molecule has 0 saturated heterocycles. The maximum absolute atomic E-state index is 14.2. The number of carbonyl (C=O) groups is 1. The number of halogens is 4. The van der Waals surface area contributed by atoms with Gasteiger partial charge >= 0.3 is 0 Å². The standard InChI is InChI=1S/C22H14F4N2O4/c1-30-12-6-7-14-13(9-12)28-22(32-14)10-4-3-5-11(8-10)27-21(29)15-16(23)18(25)20(31-2)19(26)17(15)24/h3-9H,1-2H3,(H,27,29). The number of fused-ring (bicyclic) bond motifs is 1. The van der Waals surface area contributed by atoms with Crippen molar-refractivity contribution in [2.24, 2.45) is 0 Å². The number of ether oxygens (including phenoxy) is 2. The fourth-order valence-electron chi connectivity index (χ4n) is 3.07. The molecule has 4 aromatic rings. The Labute approximate surface area is 178 Å². The molecule has 1 heterocycles. The van der Waals surface area contributed by atoms with Crippen molar-refractivity contribution in [2.75, 3.05) is 19.5 Å². The van der Waals surface area contributed by atoms with Crippen molar-refractivity contribution in [1.29, 1.82) is 0 Å². The molecule has 0 atom stereocenters. The molecule has 10 heteroatoms. The van der Waals surface area contributed by atoms with Crippen LogP contribution in [-0.4, -0.2) is 25.1 Å². The summed E-state index contributed by atoms with van der Waals surface area (Å²) in [6.07, 6.45) is 0. The number of carbonyl (C=O) groups excluding carboxylic acids is 1. The van der Waals surface area contributed by atoms with Crippen molar-refractivity contribution < 1.29 is 36.2 Å². The van der Waals surface area contributed by atoms with Crippen molar-refractivity contribution in [3.05, 3.63) is 71.3 Å². The van der Waals surface area contributed by atoms with Gasteiger partial charge in [-0.05, 0) is 30.3 Å². The first-order valence-electron chi connectivity index (χ1n) is 9.10. The third-order valence-electron chi connectivity index (χ3n) is 4.62. The number of methoxy groups -OCH3 is 2. The molecule has 164 valence electrons. The number of aromatic nitrogens is 1. The Hall–Kier alpha value is -4.08. The molecule has 0 aliphatic carbocycles. The lowest BCUT2D eigenvalue weighted by Gasteiger charge is -2.11. The fourth-order valence-corrected chi connectivity index (χ4v) is 3.07. The largest absolute Gasteiger partial charge is 0.497 e. The number of nitrogens with zero attached hydrogens (tertiary/aromatic N) is 1. The van der Waals surface area contributed by atoms with Crippen molar-refractivity contribution in [3.63, 3.8) is 0 Å². The van der Waals surface area contributed by atoms with Crippen molar-refractivity contribution in [2.45, 2.75) is 0 Å². The maximum Gasteiger partial charge on any atom is 0.261 e. The molecule has 0 fully saturated rings. The first-order chi connectivity index (χ1) is 15.3. The average molecular weight is 446 g/mol. The van der Waals surface area contributed by atoms with Gasteiger partial charge in [0.05, 0.1) is 14.2 Å². The summed E-state index contributed by atoms with van der Waals surface area (Å²) in [6, 6.07) is 11.0. The Balaban J connectivity index is 1.66. The van der Waals surface area contributed by atoms with Gasteiger partial charge in [0.15, 0.2) is 23.0 Å². The summed E-state index contributed by atoms with van der Waals surface area (Å²) in [5.74, 6) is -9.22. The molecule has 0 aliphatic rings. The van der Waals surface area contributed by atoms with Gasteiger partial charge in [-0.15, -0.1) is 0 Å². The first-order valence-corrected chi connectivity index (χ1v) is 9.10. The number of rotatable bonds is 5. The van der Waals surface area contributed by atoms with Gasteiger partial charge in [-0.2, -0.15) is 8.78 Å². The zero-order chi connectivity index (χ0) is 23.0. The fraction of sp³-hybridized carbons (Fsp3) is 0.0909. The van der Waals surface area contributed by atoms with Gasteiger partial charge in [0.1, 0.15) is 16.8 Å². The van der Waals surface area contributed by atoms with Crippen LogP contribution in [0, 0.1) is 23.3 Å². The molecule has 6 nitrogen and oxygen atoms in total. The minimum atomic E-state index is -1.87. The summed E-state index contributed by atoms with van der Waals surface area (Å²) < 4.78 is 71.4. The SMILES string of the molecule is COc1ccc2oc(-c3cccc(NC(=O)c4c(F)c(F)c(OC)c(F)c4F)c3)nc2c1. The Morgan fingerprint density at radius 1 is 0.938 bits per heavy atom. The summed E-state index contributed by atoms with van der Waals surface area (Å²) in [5, 5.41) is 2.21. The van der Waals surface area contributed by atoms with Crippen molar-refractivity contribution in [1.82, 2.24) is 4.98 Å². The molecule has 4 rings (SSSR count). The van der Waals surface area contributed by atoms with Crippen LogP contribution in [0.15, 0.2) is 46.9 Å². The third-order valence-corrected chi connectivity index (χ3v) is 4.62. The second-order valence-corrected chi connectivity index (χ2v) is 6.55. The van der Waals surface area contributed by atoms with Crippen molar-refractivity contribution in [3.8, 4) is 23.0 Å². The Morgan fingerprint density at radius 3 is 2.31 bits per heavy atom. The Kier molecular flexibility index (Phi) is 5.43. The number of amides is 1. The molecular formula is C22H14F4N2O4. The minimum absolute atomic E-state index is 0.0859. The van der Waals surface area contributed by atoms with Crippen LogP contribution in [-0.2, 0) is 0 Å². The van der Waals surface area contributed by atoms with Gasteiger partial charge in [0, 0.05) is 17.3 Å².